The minimum Gasteiger partial charge on any atom is -0.387 e. The summed E-state index contributed by atoms with van der Waals surface area (Å²) in [6.45, 7) is 4.28. The number of nitrogens with one attached hydrogen (secondary N) is 1. The average molecular weight is 628 g/mol. The van der Waals surface area contributed by atoms with Gasteiger partial charge in [0.05, 0.1) is 17.9 Å². The molecule has 0 fully saturated rings. The molecule has 0 rings (SSSR count). The van der Waals surface area contributed by atoms with E-state index in [-0.39, 0.29) is 6.42 Å². The fourth-order valence-electron chi connectivity index (χ4n) is 5.02. The van der Waals surface area contributed by atoms with Crippen LogP contribution in [0.1, 0.15) is 155 Å². The number of hydrogen-bond acceptors (Lipinski definition) is 5. The van der Waals surface area contributed by atoms with E-state index >= 15 is 0 Å². The van der Waals surface area contributed by atoms with E-state index in [1.165, 1.54) is 70.3 Å². The smallest absolute Gasteiger partial charge is 0.267 e. The number of rotatable bonds is 30. The molecule has 0 bridgehead atoms. The van der Waals surface area contributed by atoms with E-state index < -0.39 is 40.0 Å². The Bertz CT molecular complexity index is 839. The highest BCUT2D eigenvalue weighted by molar-refractivity contribution is 7.85. The fourth-order valence-corrected chi connectivity index (χ4v) is 5.76. The topological polar surface area (TPSA) is 124 Å². The molecule has 0 aromatic heterocycles. The summed E-state index contributed by atoms with van der Waals surface area (Å²) < 4.78 is 32.1. The zero-order valence-electron chi connectivity index (χ0n) is 27.4. The van der Waals surface area contributed by atoms with E-state index in [1.54, 1.807) is 6.08 Å². The Kier molecular flexibility index (Phi) is 28.2. The molecular formula is C35H65NO6S. The summed E-state index contributed by atoms with van der Waals surface area (Å²) in [6.07, 6.45) is 33.9. The van der Waals surface area contributed by atoms with Gasteiger partial charge in [-0.3, -0.25) is 9.35 Å². The third-order valence-electron chi connectivity index (χ3n) is 7.68. The van der Waals surface area contributed by atoms with Crippen molar-refractivity contribution in [1.29, 1.82) is 0 Å². The second-order valence-corrected chi connectivity index (χ2v) is 13.4. The normalized spacial score (nSPS) is 14.6. The lowest BCUT2D eigenvalue weighted by Gasteiger charge is -2.22. The van der Waals surface area contributed by atoms with E-state index in [2.05, 4.69) is 43.5 Å². The van der Waals surface area contributed by atoms with E-state index in [0.717, 1.165) is 64.2 Å². The van der Waals surface area contributed by atoms with Crippen LogP contribution in [0.5, 0.6) is 0 Å². The van der Waals surface area contributed by atoms with Gasteiger partial charge in [0.1, 0.15) is 6.10 Å². The van der Waals surface area contributed by atoms with E-state index in [1.807, 2.05) is 0 Å². The SMILES string of the molecule is CC/C=C\C/C=C\CCCCCCCCCCCCCCCC(O)C(=O)NC(CS(=O)(=O)O)C(O)/C=C/CCCCCC. The van der Waals surface area contributed by atoms with Crippen LogP contribution in [0.2, 0.25) is 0 Å². The minimum absolute atomic E-state index is 0.278. The van der Waals surface area contributed by atoms with Crippen LogP contribution in [0.15, 0.2) is 36.5 Å². The van der Waals surface area contributed by atoms with Crippen LogP contribution in [0.4, 0.5) is 0 Å². The summed E-state index contributed by atoms with van der Waals surface area (Å²) in [5, 5.41) is 23.1. The summed E-state index contributed by atoms with van der Waals surface area (Å²) in [4.78, 5) is 12.4. The maximum atomic E-state index is 12.4. The van der Waals surface area contributed by atoms with E-state index in [9.17, 15) is 28.0 Å². The predicted molar refractivity (Wildman–Crippen MR) is 181 cm³/mol. The summed E-state index contributed by atoms with van der Waals surface area (Å²) in [7, 11) is -4.42. The van der Waals surface area contributed by atoms with Crippen LogP contribution in [-0.4, -0.2) is 53.1 Å². The van der Waals surface area contributed by atoms with Gasteiger partial charge in [-0.05, 0) is 44.9 Å². The van der Waals surface area contributed by atoms with Gasteiger partial charge in [0.25, 0.3) is 10.1 Å². The van der Waals surface area contributed by atoms with Crippen molar-refractivity contribution in [3.8, 4) is 0 Å². The molecule has 0 aliphatic heterocycles. The Hall–Kier alpha value is -1.48. The number of aliphatic hydroxyl groups is 2. The number of allylic oxidation sites excluding steroid dienone is 5. The molecule has 0 aromatic carbocycles. The van der Waals surface area contributed by atoms with Crippen LogP contribution < -0.4 is 5.32 Å². The minimum atomic E-state index is -4.42. The van der Waals surface area contributed by atoms with E-state index in [4.69, 9.17) is 0 Å². The molecule has 0 aliphatic carbocycles. The monoisotopic (exact) mass is 627 g/mol. The van der Waals surface area contributed by atoms with Crippen molar-refractivity contribution >= 4 is 16.0 Å². The Labute approximate surface area is 264 Å². The first-order valence-electron chi connectivity index (χ1n) is 17.3. The third kappa shape index (κ3) is 29.0. The second-order valence-electron chi connectivity index (χ2n) is 11.9. The molecule has 43 heavy (non-hydrogen) atoms. The van der Waals surface area contributed by atoms with Gasteiger partial charge in [0.15, 0.2) is 0 Å². The molecule has 3 unspecified atom stereocenters. The van der Waals surface area contributed by atoms with Crippen molar-refractivity contribution in [2.24, 2.45) is 0 Å². The summed E-state index contributed by atoms with van der Waals surface area (Å²) in [5.41, 5.74) is 0. The molecule has 0 spiro atoms. The number of aliphatic hydroxyl groups excluding tert-OH is 2. The molecule has 252 valence electrons. The maximum absolute atomic E-state index is 12.4. The number of amides is 1. The molecule has 0 aromatic rings. The molecule has 3 atom stereocenters. The van der Waals surface area contributed by atoms with Crippen molar-refractivity contribution in [2.45, 2.75) is 173 Å². The number of unbranched alkanes of at least 4 members (excludes halogenated alkanes) is 17. The molecule has 1 amide bonds. The first-order valence-corrected chi connectivity index (χ1v) is 18.9. The molecular weight excluding hydrogens is 562 g/mol. The highest BCUT2D eigenvalue weighted by atomic mass is 32.2. The predicted octanol–water partition coefficient (Wildman–Crippen LogP) is 8.37. The Morgan fingerprint density at radius 1 is 0.674 bits per heavy atom. The second kappa shape index (κ2) is 29.2. The molecule has 0 aliphatic rings. The van der Waals surface area contributed by atoms with Gasteiger partial charge in [-0.15, -0.1) is 0 Å². The molecule has 0 radical (unpaired) electrons. The van der Waals surface area contributed by atoms with Crippen LogP contribution in [-0.2, 0) is 14.9 Å². The zero-order chi connectivity index (χ0) is 32.0. The molecule has 0 saturated carbocycles. The number of hydrogen-bond donors (Lipinski definition) is 4. The largest absolute Gasteiger partial charge is 0.387 e. The van der Waals surface area contributed by atoms with Crippen LogP contribution >= 0.6 is 0 Å². The van der Waals surface area contributed by atoms with Gasteiger partial charge in [0.2, 0.25) is 5.91 Å². The fraction of sp³-hybridized carbons (Fsp3) is 0.800. The van der Waals surface area contributed by atoms with Crippen molar-refractivity contribution in [3.05, 3.63) is 36.5 Å². The molecule has 0 saturated heterocycles. The first-order chi connectivity index (χ1) is 20.7. The number of carbonyl (C=O) groups excluding carboxylic acids is 1. The highest BCUT2D eigenvalue weighted by Gasteiger charge is 2.27. The molecule has 7 nitrogen and oxygen atoms in total. The lowest BCUT2D eigenvalue weighted by Crippen LogP contribution is -2.50. The first kappa shape index (κ1) is 41.5. The quantitative estimate of drug-likeness (QED) is 0.0360. The molecule has 8 heteroatoms. The van der Waals surface area contributed by atoms with E-state index in [0.29, 0.717) is 6.42 Å². The van der Waals surface area contributed by atoms with Crippen LogP contribution in [0.3, 0.4) is 0 Å². The average Bonchev–Trinajstić information content (AvgIpc) is 2.96. The van der Waals surface area contributed by atoms with Gasteiger partial charge in [0, 0.05) is 0 Å². The van der Waals surface area contributed by atoms with Gasteiger partial charge in [-0.1, -0.05) is 147 Å². The Balaban J connectivity index is 3.91. The lowest BCUT2D eigenvalue weighted by atomic mass is 10.0. The van der Waals surface area contributed by atoms with Crippen molar-refractivity contribution in [2.75, 3.05) is 5.75 Å². The van der Waals surface area contributed by atoms with Gasteiger partial charge < -0.3 is 15.5 Å². The summed E-state index contributed by atoms with van der Waals surface area (Å²) in [5.74, 6) is -1.54. The summed E-state index contributed by atoms with van der Waals surface area (Å²) in [6, 6.07) is -1.23. The maximum Gasteiger partial charge on any atom is 0.267 e. The Morgan fingerprint density at radius 3 is 1.70 bits per heavy atom. The molecule has 4 N–H and O–H groups in total. The van der Waals surface area contributed by atoms with Crippen molar-refractivity contribution < 1.29 is 28.0 Å². The van der Waals surface area contributed by atoms with Crippen molar-refractivity contribution in [1.82, 2.24) is 5.32 Å². The summed E-state index contributed by atoms with van der Waals surface area (Å²) >= 11 is 0. The molecule has 0 heterocycles. The van der Waals surface area contributed by atoms with Crippen LogP contribution in [0.25, 0.3) is 0 Å². The van der Waals surface area contributed by atoms with Gasteiger partial charge in [-0.25, -0.2) is 0 Å². The standard InChI is InChI=1S/C35H65NO6S/c1-3-5-7-9-11-12-13-14-15-16-17-18-19-20-21-22-23-24-26-28-30-34(38)35(39)36-32(31-43(40,41)42)33(37)29-27-25-10-8-6-4-2/h5,7,11-12,27,29,32-34,37-38H,3-4,6,8-10,13-26,28,30-31H2,1-2H3,(H,36,39)(H,40,41,42)/b7-5-,12-11-,29-27+. The highest BCUT2D eigenvalue weighted by Crippen LogP contribution is 2.14. The van der Waals surface area contributed by atoms with Crippen LogP contribution in [0, 0.1) is 0 Å². The third-order valence-corrected chi connectivity index (χ3v) is 8.46. The van der Waals surface area contributed by atoms with Crippen molar-refractivity contribution in [3.63, 3.8) is 0 Å². The zero-order valence-corrected chi connectivity index (χ0v) is 28.3. The Morgan fingerprint density at radius 2 is 1.16 bits per heavy atom. The van der Waals surface area contributed by atoms with Gasteiger partial charge >= 0.3 is 0 Å². The number of carbonyl (C=O) groups is 1. The van der Waals surface area contributed by atoms with Gasteiger partial charge in [-0.2, -0.15) is 8.42 Å². The lowest BCUT2D eigenvalue weighted by molar-refractivity contribution is -0.130.